The van der Waals surface area contributed by atoms with E-state index in [4.69, 9.17) is 0 Å². The van der Waals surface area contributed by atoms with E-state index in [0.717, 1.165) is 22.5 Å². The number of nitrogens with one attached hydrogen (secondary N) is 1. The standard InChI is InChI=1S/C21H18FN3O2S/c1-15-4-3-11-25-13-20(23-21(15)25)17-7-9-19(10-8-17)24-28(26,27)14-16-5-2-6-18(22)12-16/h2-13,24H,14H2,1H3. The van der Waals surface area contributed by atoms with Crippen LogP contribution in [0.2, 0.25) is 0 Å². The van der Waals surface area contributed by atoms with Gasteiger partial charge in [-0.3, -0.25) is 4.72 Å². The zero-order valence-electron chi connectivity index (χ0n) is 15.1. The molecule has 0 bridgehead atoms. The number of halogens is 1. The first-order valence-corrected chi connectivity index (χ1v) is 10.3. The Kier molecular flexibility index (Phi) is 4.60. The van der Waals surface area contributed by atoms with E-state index < -0.39 is 15.8 Å². The van der Waals surface area contributed by atoms with Crippen LogP contribution in [0.1, 0.15) is 11.1 Å². The van der Waals surface area contributed by atoms with Crippen molar-refractivity contribution in [1.29, 1.82) is 0 Å². The molecule has 142 valence electrons. The van der Waals surface area contributed by atoms with Crippen LogP contribution in [0.5, 0.6) is 0 Å². The molecule has 4 rings (SSSR count). The summed E-state index contributed by atoms with van der Waals surface area (Å²) in [6.45, 7) is 2.00. The molecule has 0 fully saturated rings. The molecule has 0 unspecified atom stereocenters. The number of nitrogens with zero attached hydrogens (tertiary/aromatic N) is 2. The second kappa shape index (κ2) is 7.09. The van der Waals surface area contributed by atoms with Crippen molar-refractivity contribution in [3.63, 3.8) is 0 Å². The van der Waals surface area contributed by atoms with Crippen LogP contribution < -0.4 is 4.72 Å². The van der Waals surface area contributed by atoms with Crippen LogP contribution in [0.4, 0.5) is 10.1 Å². The maximum atomic E-state index is 13.3. The third kappa shape index (κ3) is 3.89. The molecule has 0 radical (unpaired) electrons. The maximum Gasteiger partial charge on any atom is 0.236 e. The lowest BCUT2D eigenvalue weighted by molar-refractivity contribution is 0.599. The number of hydrogen-bond donors (Lipinski definition) is 1. The first-order chi connectivity index (χ1) is 13.4. The fraction of sp³-hybridized carbons (Fsp3) is 0.0952. The highest BCUT2D eigenvalue weighted by atomic mass is 32.2. The van der Waals surface area contributed by atoms with E-state index in [0.29, 0.717) is 11.3 Å². The summed E-state index contributed by atoms with van der Waals surface area (Å²) in [7, 11) is -3.64. The zero-order chi connectivity index (χ0) is 19.7. The van der Waals surface area contributed by atoms with Gasteiger partial charge in [0, 0.05) is 23.6 Å². The first-order valence-electron chi connectivity index (χ1n) is 8.69. The number of hydrogen-bond acceptors (Lipinski definition) is 3. The van der Waals surface area contributed by atoms with E-state index >= 15 is 0 Å². The van der Waals surface area contributed by atoms with Crippen molar-refractivity contribution >= 4 is 21.4 Å². The Morgan fingerprint density at radius 3 is 2.57 bits per heavy atom. The van der Waals surface area contributed by atoms with Crippen molar-refractivity contribution in [2.75, 3.05) is 4.72 Å². The maximum absolute atomic E-state index is 13.3. The Balaban J connectivity index is 1.53. The molecular weight excluding hydrogens is 377 g/mol. The van der Waals surface area contributed by atoms with Gasteiger partial charge in [0.15, 0.2) is 0 Å². The van der Waals surface area contributed by atoms with E-state index in [2.05, 4.69) is 9.71 Å². The second-order valence-electron chi connectivity index (χ2n) is 6.62. The van der Waals surface area contributed by atoms with Crippen LogP contribution in [0, 0.1) is 12.7 Å². The molecule has 0 amide bonds. The average Bonchev–Trinajstić information content (AvgIpc) is 3.07. The summed E-state index contributed by atoms with van der Waals surface area (Å²) >= 11 is 0. The molecule has 2 aromatic heterocycles. The lowest BCUT2D eigenvalue weighted by Gasteiger charge is -2.08. The van der Waals surface area contributed by atoms with Crippen LogP contribution in [0.25, 0.3) is 16.9 Å². The normalized spacial score (nSPS) is 11.6. The Morgan fingerprint density at radius 1 is 1.07 bits per heavy atom. The van der Waals surface area contributed by atoms with E-state index in [1.165, 1.54) is 18.2 Å². The summed E-state index contributed by atoms with van der Waals surface area (Å²) in [6, 6.07) is 16.5. The molecule has 5 nitrogen and oxygen atoms in total. The highest BCUT2D eigenvalue weighted by molar-refractivity contribution is 7.91. The molecule has 7 heteroatoms. The van der Waals surface area contributed by atoms with E-state index in [-0.39, 0.29) is 5.75 Å². The zero-order valence-corrected chi connectivity index (χ0v) is 15.9. The second-order valence-corrected chi connectivity index (χ2v) is 8.34. The summed E-state index contributed by atoms with van der Waals surface area (Å²) in [5.74, 6) is -0.752. The predicted octanol–water partition coefficient (Wildman–Crippen LogP) is 4.39. The lowest BCUT2D eigenvalue weighted by Crippen LogP contribution is -2.15. The first kappa shape index (κ1) is 18.2. The minimum atomic E-state index is -3.64. The number of benzene rings is 2. The number of sulfonamides is 1. The van der Waals surface area contributed by atoms with Gasteiger partial charge in [0.2, 0.25) is 10.0 Å². The van der Waals surface area contributed by atoms with Crippen molar-refractivity contribution in [3.8, 4) is 11.3 Å². The quantitative estimate of drug-likeness (QED) is 0.545. The Labute approximate surface area is 162 Å². The molecule has 0 atom stereocenters. The number of fused-ring (bicyclic) bond motifs is 1. The fourth-order valence-electron chi connectivity index (χ4n) is 3.06. The molecule has 1 N–H and O–H groups in total. The van der Waals surface area contributed by atoms with Gasteiger partial charge in [0.05, 0.1) is 11.4 Å². The van der Waals surface area contributed by atoms with Crippen LogP contribution in [-0.2, 0) is 15.8 Å². The van der Waals surface area contributed by atoms with Gasteiger partial charge in [-0.05, 0) is 48.4 Å². The van der Waals surface area contributed by atoms with Crippen LogP contribution >= 0.6 is 0 Å². The van der Waals surface area contributed by atoms with Gasteiger partial charge in [-0.1, -0.05) is 30.3 Å². The smallest absolute Gasteiger partial charge is 0.236 e. The fourth-order valence-corrected chi connectivity index (χ4v) is 4.25. The predicted molar refractivity (Wildman–Crippen MR) is 108 cm³/mol. The summed E-state index contributed by atoms with van der Waals surface area (Å²) in [4.78, 5) is 4.64. The molecule has 0 saturated heterocycles. The minimum absolute atomic E-state index is 0.293. The third-order valence-corrected chi connectivity index (χ3v) is 5.64. The number of anilines is 1. The Hall–Kier alpha value is -3.19. The molecule has 0 aliphatic rings. The Bertz CT molecular complexity index is 1250. The van der Waals surface area contributed by atoms with Crippen molar-refractivity contribution in [1.82, 2.24) is 9.38 Å². The molecule has 0 spiro atoms. The number of rotatable bonds is 5. The van der Waals surface area contributed by atoms with Crippen molar-refractivity contribution in [2.45, 2.75) is 12.7 Å². The van der Waals surface area contributed by atoms with Gasteiger partial charge in [-0.2, -0.15) is 0 Å². The van der Waals surface area contributed by atoms with Gasteiger partial charge < -0.3 is 4.40 Å². The monoisotopic (exact) mass is 395 g/mol. The van der Waals surface area contributed by atoms with Crippen molar-refractivity contribution in [3.05, 3.63) is 90.0 Å². The van der Waals surface area contributed by atoms with Crippen LogP contribution in [0.15, 0.2) is 73.1 Å². The minimum Gasteiger partial charge on any atom is -0.306 e. The van der Waals surface area contributed by atoms with Crippen molar-refractivity contribution < 1.29 is 12.8 Å². The molecule has 0 aliphatic carbocycles. The number of aryl methyl sites for hydroxylation is 1. The molecule has 4 aromatic rings. The molecular formula is C21H18FN3O2S. The largest absolute Gasteiger partial charge is 0.306 e. The van der Waals surface area contributed by atoms with Gasteiger partial charge in [0.25, 0.3) is 0 Å². The van der Waals surface area contributed by atoms with Crippen molar-refractivity contribution in [2.24, 2.45) is 0 Å². The van der Waals surface area contributed by atoms with Gasteiger partial charge >= 0.3 is 0 Å². The average molecular weight is 395 g/mol. The lowest BCUT2D eigenvalue weighted by atomic mass is 10.1. The van der Waals surface area contributed by atoms with Crippen LogP contribution in [0.3, 0.4) is 0 Å². The van der Waals surface area contributed by atoms with E-state index in [9.17, 15) is 12.8 Å². The number of pyridine rings is 1. The van der Waals surface area contributed by atoms with Gasteiger partial charge in [-0.25, -0.2) is 17.8 Å². The summed E-state index contributed by atoms with van der Waals surface area (Å²) < 4.78 is 42.4. The van der Waals surface area contributed by atoms with Gasteiger partial charge in [0.1, 0.15) is 11.5 Å². The van der Waals surface area contributed by atoms with Gasteiger partial charge in [-0.15, -0.1) is 0 Å². The summed E-state index contributed by atoms with van der Waals surface area (Å²) in [5.41, 5.74) is 4.50. The topological polar surface area (TPSA) is 63.5 Å². The SMILES string of the molecule is Cc1cccn2cc(-c3ccc(NS(=O)(=O)Cc4cccc(F)c4)cc3)nc12. The molecule has 2 heterocycles. The molecule has 2 aromatic carbocycles. The summed E-state index contributed by atoms with van der Waals surface area (Å²) in [6.07, 6.45) is 3.87. The highest BCUT2D eigenvalue weighted by Gasteiger charge is 2.13. The summed E-state index contributed by atoms with van der Waals surface area (Å²) in [5, 5.41) is 0. The molecule has 0 saturated carbocycles. The third-order valence-electron chi connectivity index (χ3n) is 4.38. The molecule has 0 aliphatic heterocycles. The highest BCUT2D eigenvalue weighted by Crippen LogP contribution is 2.23. The van der Waals surface area contributed by atoms with E-state index in [1.54, 1.807) is 18.2 Å². The Morgan fingerprint density at radius 2 is 1.86 bits per heavy atom. The number of imidazole rings is 1. The number of aromatic nitrogens is 2. The van der Waals surface area contributed by atoms with E-state index in [1.807, 2.05) is 48.0 Å². The van der Waals surface area contributed by atoms with Crippen LogP contribution in [-0.4, -0.2) is 17.8 Å². The molecule has 28 heavy (non-hydrogen) atoms.